The topological polar surface area (TPSA) is 60.3 Å². The molecule has 1 aromatic heterocycles. The summed E-state index contributed by atoms with van der Waals surface area (Å²) in [5.74, 6) is 1.63. The van der Waals surface area contributed by atoms with E-state index in [1.165, 1.54) is 0 Å². The lowest BCUT2D eigenvalue weighted by Gasteiger charge is -2.33. The standard InChI is InChI=1S/C15H24N4O2S/c1-10(2)19-13(18(3)4)16-17-14(19)22-9-11-8-15(6-5-7-15)12(20)21-11/h10-11H,5-9H2,1-4H3/t11-/m1/s1. The van der Waals surface area contributed by atoms with Gasteiger partial charge in [0.1, 0.15) is 6.10 Å². The lowest BCUT2D eigenvalue weighted by Crippen LogP contribution is -2.33. The summed E-state index contributed by atoms with van der Waals surface area (Å²) in [4.78, 5) is 14.0. The van der Waals surface area contributed by atoms with Crippen LogP contribution in [0, 0.1) is 5.41 Å². The maximum atomic E-state index is 12.0. The second kappa shape index (κ2) is 5.76. The van der Waals surface area contributed by atoms with Gasteiger partial charge in [-0.1, -0.05) is 18.2 Å². The second-order valence-electron chi connectivity index (χ2n) is 6.82. The summed E-state index contributed by atoms with van der Waals surface area (Å²) < 4.78 is 7.69. The molecule has 122 valence electrons. The molecule has 0 aromatic carbocycles. The van der Waals surface area contributed by atoms with Crippen LogP contribution < -0.4 is 4.90 Å². The largest absolute Gasteiger partial charge is 0.461 e. The number of ether oxygens (including phenoxy) is 1. The summed E-state index contributed by atoms with van der Waals surface area (Å²) in [6.45, 7) is 4.25. The molecule has 0 N–H and O–H groups in total. The first-order valence-corrected chi connectivity index (χ1v) is 8.87. The predicted octanol–water partition coefficient (Wildman–Crippen LogP) is 2.50. The maximum absolute atomic E-state index is 12.0. The number of esters is 1. The number of hydrogen-bond acceptors (Lipinski definition) is 6. The molecule has 7 heteroatoms. The van der Waals surface area contributed by atoms with Crippen molar-refractivity contribution < 1.29 is 9.53 Å². The SMILES string of the molecule is CC(C)n1c(SC[C@H]2CC3(CCC3)C(=O)O2)nnc1N(C)C. The van der Waals surface area contributed by atoms with Gasteiger partial charge in [0.15, 0.2) is 5.16 Å². The van der Waals surface area contributed by atoms with Gasteiger partial charge in [0.05, 0.1) is 5.41 Å². The molecule has 3 rings (SSSR count). The molecule has 1 saturated carbocycles. The van der Waals surface area contributed by atoms with E-state index in [1.807, 2.05) is 19.0 Å². The van der Waals surface area contributed by atoms with Crippen LogP contribution in [-0.4, -0.2) is 46.7 Å². The molecule has 2 aliphatic rings. The van der Waals surface area contributed by atoms with Crippen LogP contribution in [-0.2, 0) is 9.53 Å². The lowest BCUT2D eigenvalue weighted by atomic mass is 9.67. The Labute approximate surface area is 135 Å². The van der Waals surface area contributed by atoms with Crippen LogP contribution >= 0.6 is 11.8 Å². The summed E-state index contributed by atoms with van der Waals surface area (Å²) in [6.07, 6.45) is 4.04. The zero-order valence-electron chi connectivity index (χ0n) is 13.7. The second-order valence-corrected chi connectivity index (χ2v) is 7.80. The lowest BCUT2D eigenvalue weighted by molar-refractivity contribution is -0.151. The van der Waals surface area contributed by atoms with Gasteiger partial charge in [-0.2, -0.15) is 0 Å². The number of rotatable bonds is 5. The highest BCUT2D eigenvalue weighted by Gasteiger charge is 2.52. The average Bonchev–Trinajstić information content (AvgIpc) is 2.96. The number of carbonyl (C=O) groups is 1. The van der Waals surface area contributed by atoms with Gasteiger partial charge in [-0.05, 0) is 26.7 Å². The van der Waals surface area contributed by atoms with Gasteiger partial charge in [0.25, 0.3) is 0 Å². The van der Waals surface area contributed by atoms with Crippen molar-refractivity contribution in [2.45, 2.75) is 56.8 Å². The molecule has 1 saturated heterocycles. The highest BCUT2D eigenvalue weighted by Crippen LogP contribution is 2.50. The van der Waals surface area contributed by atoms with Gasteiger partial charge in [0, 0.05) is 32.3 Å². The van der Waals surface area contributed by atoms with Crippen molar-refractivity contribution in [1.82, 2.24) is 14.8 Å². The predicted molar refractivity (Wildman–Crippen MR) is 86.2 cm³/mol. The first kappa shape index (κ1) is 15.6. The van der Waals surface area contributed by atoms with Gasteiger partial charge in [0.2, 0.25) is 5.95 Å². The molecule has 1 aliphatic carbocycles. The maximum Gasteiger partial charge on any atom is 0.312 e. The van der Waals surface area contributed by atoms with Crippen molar-refractivity contribution >= 4 is 23.7 Å². The van der Waals surface area contributed by atoms with E-state index in [4.69, 9.17) is 4.74 Å². The van der Waals surface area contributed by atoms with Crippen molar-refractivity contribution in [2.75, 3.05) is 24.7 Å². The van der Waals surface area contributed by atoms with Gasteiger partial charge in [-0.25, -0.2) is 0 Å². The summed E-state index contributed by atoms with van der Waals surface area (Å²) in [7, 11) is 3.94. The molecular formula is C15H24N4O2S. The Kier molecular flexibility index (Phi) is 4.09. The highest BCUT2D eigenvalue weighted by molar-refractivity contribution is 7.99. The van der Waals surface area contributed by atoms with Crippen LogP contribution in [0.2, 0.25) is 0 Å². The smallest absolute Gasteiger partial charge is 0.312 e. The van der Waals surface area contributed by atoms with Crippen LogP contribution in [0.3, 0.4) is 0 Å². The molecule has 0 radical (unpaired) electrons. The van der Waals surface area contributed by atoms with E-state index in [2.05, 4.69) is 28.6 Å². The Morgan fingerprint density at radius 2 is 2.14 bits per heavy atom. The minimum Gasteiger partial charge on any atom is -0.461 e. The van der Waals surface area contributed by atoms with E-state index in [-0.39, 0.29) is 17.5 Å². The summed E-state index contributed by atoms with van der Waals surface area (Å²) in [5, 5.41) is 9.46. The van der Waals surface area contributed by atoms with E-state index >= 15 is 0 Å². The Balaban J connectivity index is 1.66. The van der Waals surface area contributed by atoms with E-state index in [0.717, 1.165) is 42.5 Å². The molecule has 2 fully saturated rings. The Morgan fingerprint density at radius 3 is 2.64 bits per heavy atom. The van der Waals surface area contributed by atoms with Gasteiger partial charge >= 0.3 is 5.97 Å². The third-order valence-electron chi connectivity index (χ3n) is 4.60. The van der Waals surface area contributed by atoms with E-state index < -0.39 is 0 Å². The zero-order chi connectivity index (χ0) is 15.9. The van der Waals surface area contributed by atoms with Crippen LogP contribution in [0.5, 0.6) is 0 Å². The Bertz CT molecular complexity index is 566. The minimum atomic E-state index is -0.147. The summed E-state index contributed by atoms with van der Waals surface area (Å²) in [5.41, 5.74) is -0.147. The molecule has 1 aromatic rings. The number of nitrogens with zero attached hydrogens (tertiary/aromatic N) is 4. The van der Waals surface area contributed by atoms with E-state index in [1.54, 1.807) is 11.8 Å². The van der Waals surface area contributed by atoms with Crippen molar-refractivity contribution in [2.24, 2.45) is 5.41 Å². The van der Waals surface area contributed by atoms with Crippen LogP contribution in [0.15, 0.2) is 5.16 Å². The number of cyclic esters (lactones) is 1. The van der Waals surface area contributed by atoms with Gasteiger partial charge in [-0.15, -0.1) is 10.2 Å². The fourth-order valence-electron chi connectivity index (χ4n) is 3.23. The minimum absolute atomic E-state index is 0.0120. The fourth-order valence-corrected chi connectivity index (χ4v) is 4.28. The summed E-state index contributed by atoms with van der Waals surface area (Å²) >= 11 is 1.63. The van der Waals surface area contributed by atoms with Crippen molar-refractivity contribution in [3.63, 3.8) is 0 Å². The zero-order valence-corrected chi connectivity index (χ0v) is 14.5. The molecule has 1 spiro atoms. The highest BCUT2D eigenvalue weighted by atomic mass is 32.2. The van der Waals surface area contributed by atoms with Crippen LogP contribution in [0.1, 0.15) is 45.6 Å². The van der Waals surface area contributed by atoms with Crippen molar-refractivity contribution in [3.8, 4) is 0 Å². The fraction of sp³-hybridized carbons (Fsp3) is 0.800. The molecule has 2 heterocycles. The molecule has 0 unspecified atom stereocenters. The normalized spacial score (nSPS) is 23.0. The molecule has 22 heavy (non-hydrogen) atoms. The molecular weight excluding hydrogens is 300 g/mol. The number of anilines is 1. The first-order chi connectivity index (χ1) is 10.4. The number of carbonyl (C=O) groups excluding carboxylic acids is 1. The Morgan fingerprint density at radius 1 is 1.41 bits per heavy atom. The van der Waals surface area contributed by atoms with E-state index in [9.17, 15) is 4.79 Å². The number of thioether (sulfide) groups is 1. The molecule has 1 atom stereocenters. The third-order valence-corrected chi connectivity index (χ3v) is 5.67. The van der Waals surface area contributed by atoms with Crippen LogP contribution in [0.25, 0.3) is 0 Å². The third kappa shape index (κ3) is 2.59. The number of aromatic nitrogens is 3. The molecule has 1 aliphatic heterocycles. The molecule has 6 nitrogen and oxygen atoms in total. The Hall–Kier alpha value is -1.24. The quantitative estimate of drug-likeness (QED) is 0.613. The van der Waals surface area contributed by atoms with E-state index in [0.29, 0.717) is 6.04 Å². The van der Waals surface area contributed by atoms with Gasteiger partial charge < -0.3 is 9.64 Å². The average molecular weight is 324 g/mol. The van der Waals surface area contributed by atoms with Crippen molar-refractivity contribution in [1.29, 1.82) is 0 Å². The van der Waals surface area contributed by atoms with Gasteiger partial charge in [-0.3, -0.25) is 9.36 Å². The molecule has 0 bridgehead atoms. The number of hydrogen-bond donors (Lipinski definition) is 0. The van der Waals surface area contributed by atoms with Crippen LogP contribution in [0.4, 0.5) is 5.95 Å². The first-order valence-electron chi connectivity index (χ1n) is 7.89. The summed E-state index contributed by atoms with van der Waals surface area (Å²) in [6, 6.07) is 0.291. The monoisotopic (exact) mass is 324 g/mol. The molecule has 0 amide bonds. The van der Waals surface area contributed by atoms with Crippen molar-refractivity contribution in [3.05, 3.63) is 0 Å².